The zero-order valence-corrected chi connectivity index (χ0v) is 7.88. The van der Waals surface area contributed by atoms with Gasteiger partial charge in [0.1, 0.15) is 0 Å². The summed E-state index contributed by atoms with van der Waals surface area (Å²) in [5, 5.41) is 3.00. The number of amides is 1. The Bertz CT molecular complexity index is 245. The second-order valence-electron chi connectivity index (χ2n) is 4.87. The fourth-order valence-electron chi connectivity index (χ4n) is 3.40. The molecule has 1 unspecified atom stereocenters. The van der Waals surface area contributed by atoms with E-state index in [4.69, 9.17) is 0 Å². The van der Waals surface area contributed by atoms with Crippen molar-refractivity contribution < 1.29 is 4.79 Å². The van der Waals surface area contributed by atoms with Crippen molar-refractivity contribution in [1.82, 2.24) is 10.2 Å². The highest BCUT2D eigenvalue weighted by atomic mass is 16.1. The molecule has 4 aliphatic rings. The normalized spacial score (nSPS) is 48.5. The molecule has 1 spiro atoms. The summed E-state index contributed by atoms with van der Waals surface area (Å²) in [6.07, 6.45) is 3.41. The molecule has 72 valence electrons. The van der Waals surface area contributed by atoms with Crippen LogP contribution in [0.1, 0.15) is 19.3 Å². The van der Waals surface area contributed by atoms with Crippen molar-refractivity contribution >= 4 is 5.91 Å². The average Bonchev–Trinajstić information content (AvgIpc) is 2.49. The molecule has 3 nitrogen and oxygen atoms in total. The summed E-state index contributed by atoms with van der Waals surface area (Å²) in [7, 11) is 0. The summed E-state index contributed by atoms with van der Waals surface area (Å²) in [5.74, 6) is 1.09. The number of piperidine rings is 3. The van der Waals surface area contributed by atoms with Gasteiger partial charge in [-0.3, -0.25) is 4.79 Å². The van der Waals surface area contributed by atoms with E-state index in [0.717, 1.165) is 25.4 Å². The predicted octanol–water partition coefficient (Wildman–Crippen LogP) is 0.218. The first-order valence-corrected chi connectivity index (χ1v) is 5.28. The molecule has 13 heavy (non-hydrogen) atoms. The van der Waals surface area contributed by atoms with Gasteiger partial charge in [-0.15, -0.1) is 0 Å². The molecule has 4 saturated heterocycles. The summed E-state index contributed by atoms with van der Waals surface area (Å²) in [4.78, 5) is 13.8. The van der Waals surface area contributed by atoms with Crippen LogP contribution < -0.4 is 5.32 Å². The summed E-state index contributed by atoms with van der Waals surface area (Å²) < 4.78 is 0. The molecule has 0 aliphatic carbocycles. The van der Waals surface area contributed by atoms with Gasteiger partial charge in [-0.1, -0.05) is 0 Å². The standard InChI is InChI=1S/C10H16N2O/c13-9-5-10(6-11-9)7-12-3-1-8(10)2-4-12/h8H,1-7H2,(H,11,13). The second-order valence-corrected chi connectivity index (χ2v) is 4.87. The van der Waals surface area contributed by atoms with Crippen molar-refractivity contribution in [2.45, 2.75) is 19.3 Å². The maximum Gasteiger partial charge on any atom is 0.220 e. The van der Waals surface area contributed by atoms with Crippen molar-refractivity contribution in [2.24, 2.45) is 11.3 Å². The molecular formula is C10H16N2O. The SMILES string of the molecule is O=C1CC2(CN1)CN1CCC2CC1. The summed E-state index contributed by atoms with van der Waals surface area (Å²) >= 11 is 0. The quantitative estimate of drug-likeness (QED) is 0.578. The van der Waals surface area contributed by atoms with Crippen molar-refractivity contribution in [1.29, 1.82) is 0 Å². The maximum absolute atomic E-state index is 11.3. The van der Waals surface area contributed by atoms with Crippen molar-refractivity contribution in [3.05, 3.63) is 0 Å². The number of hydrogen-bond acceptors (Lipinski definition) is 2. The predicted molar refractivity (Wildman–Crippen MR) is 49.2 cm³/mol. The van der Waals surface area contributed by atoms with E-state index in [1.54, 1.807) is 0 Å². The van der Waals surface area contributed by atoms with Crippen LogP contribution in [-0.2, 0) is 4.79 Å². The summed E-state index contributed by atoms with van der Waals surface area (Å²) in [6, 6.07) is 0. The number of nitrogens with one attached hydrogen (secondary N) is 1. The molecule has 2 bridgehead atoms. The first kappa shape index (κ1) is 7.80. The van der Waals surface area contributed by atoms with E-state index in [1.807, 2.05) is 0 Å². The Hall–Kier alpha value is -0.570. The van der Waals surface area contributed by atoms with E-state index in [9.17, 15) is 4.79 Å². The van der Waals surface area contributed by atoms with Gasteiger partial charge in [0, 0.05) is 24.9 Å². The first-order valence-electron chi connectivity index (χ1n) is 5.28. The van der Waals surface area contributed by atoms with Gasteiger partial charge in [-0.25, -0.2) is 0 Å². The van der Waals surface area contributed by atoms with Crippen LogP contribution in [-0.4, -0.2) is 37.0 Å². The van der Waals surface area contributed by atoms with Crippen LogP contribution in [0.15, 0.2) is 0 Å². The molecule has 0 aromatic rings. The highest BCUT2D eigenvalue weighted by molar-refractivity contribution is 5.79. The van der Waals surface area contributed by atoms with E-state index in [-0.39, 0.29) is 5.91 Å². The largest absolute Gasteiger partial charge is 0.355 e. The third kappa shape index (κ3) is 1.03. The van der Waals surface area contributed by atoms with Crippen molar-refractivity contribution in [3.63, 3.8) is 0 Å². The fraction of sp³-hybridized carbons (Fsp3) is 0.900. The lowest BCUT2D eigenvalue weighted by Gasteiger charge is -2.51. The minimum Gasteiger partial charge on any atom is -0.355 e. The maximum atomic E-state index is 11.3. The van der Waals surface area contributed by atoms with E-state index >= 15 is 0 Å². The van der Waals surface area contributed by atoms with Crippen LogP contribution in [0.2, 0.25) is 0 Å². The Morgan fingerprint density at radius 1 is 1.38 bits per heavy atom. The highest BCUT2D eigenvalue weighted by Crippen LogP contribution is 2.45. The number of carbonyl (C=O) groups excluding carboxylic acids is 1. The lowest BCUT2D eigenvalue weighted by molar-refractivity contribution is -0.120. The van der Waals surface area contributed by atoms with Gasteiger partial charge in [0.25, 0.3) is 0 Å². The Kier molecular flexibility index (Phi) is 1.48. The average molecular weight is 180 g/mol. The third-order valence-corrected chi connectivity index (χ3v) is 4.14. The number of fused-ring (bicyclic) bond motifs is 2. The Balaban J connectivity index is 1.87. The lowest BCUT2D eigenvalue weighted by atomic mass is 9.66. The molecule has 0 aromatic carbocycles. The van der Waals surface area contributed by atoms with E-state index in [1.165, 1.54) is 25.9 Å². The van der Waals surface area contributed by atoms with Gasteiger partial charge in [0.2, 0.25) is 5.91 Å². The van der Waals surface area contributed by atoms with Crippen LogP contribution in [0.3, 0.4) is 0 Å². The van der Waals surface area contributed by atoms with E-state index in [2.05, 4.69) is 10.2 Å². The van der Waals surface area contributed by atoms with Crippen LogP contribution in [0.5, 0.6) is 0 Å². The molecule has 3 heteroatoms. The number of hydrogen-bond donors (Lipinski definition) is 1. The lowest BCUT2D eigenvalue weighted by Crippen LogP contribution is -2.55. The van der Waals surface area contributed by atoms with Gasteiger partial charge < -0.3 is 10.2 Å². The van der Waals surface area contributed by atoms with Gasteiger partial charge >= 0.3 is 0 Å². The van der Waals surface area contributed by atoms with Gasteiger partial charge in [0.15, 0.2) is 0 Å². The molecule has 1 N–H and O–H groups in total. The monoisotopic (exact) mass is 180 g/mol. The number of nitrogens with zero attached hydrogens (tertiary/aromatic N) is 1. The first-order chi connectivity index (χ1) is 6.28. The molecule has 4 rings (SSSR count). The van der Waals surface area contributed by atoms with Crippen molar-refractivity contribution in [3.8, 4) is 0 Å². The van der Waals surface area contributed by atoms with Gasteiger partial charge in [-0.05, 0) is 31.8 Å². The highest BCUT2D eigenvalue weighted by Gasteiger charge is 2.50. The molecule has 1 amide bonds. The Morgan fingerprint density at radius 2 is 2.15 bits per heavy atom. The van der Waals surface area contributed by atoms with Crippen molar-refractivity contribution in [2.75, 3.05) is 26.2 Å². The smallest absolute Gasteiger partial charge is 0.220 e. The van der Waals surface area contributed by atoms with E-state index < -0.39 is 0 Å². The molecule has 4 aliphatic heterocycles. The number of carbonyl (C=O) groups is 1. The molecule has 1 atom stereocenters. The van der Waals surface area contributed by atoms with Crippen LogP contribution >= 0.6 is 0 Å². The van der Waals surface area contributed by atoms with Crippen LogP contribution in [0.25, 0.3) is 0 Å². The molecule has 0 aromatic heterocycles. The summed E-state index contributed by atoms with van der Waals surface area (Å²) in [6.45, 7) is 4.63. The fourth-order valence-corrected chi connectivity index (χ4v) is 3.40. The molecule has 0 saturated carbocycles. The minimum atomic E-state index is 0.272. The van der Waals surface area contributed by atoms with Gasteiger partial charge in [-0.2, -0.15) is 0 Å². The summed E-state index contributed by atoms with van der Waals surface area (Å²) in [5.41, 5.74) is 0.327. The van der Waals surface area contributed by atoms with E-state index in [0.29, 0.717) is 5.41 Å². The van der Waals surface area contributed by atoms with Crippen LogP contribution in [0.4, 0.5) is 0 Å². The topological polar surface area (TPSA) is 32.3 Å². The third-order valence-electron chi connectivity index (χ3n) is 4.14. The Labute approximate surface area is 78.5 Å². The van der Waals surface area contributed by atoms with Crippen LogP contribution in [0, 0.1) is 11.3 Å². The molecule has 0 radical (unpaired) electrons. The number of rotatable bonds is 0. The second kappa shape index (κ2) is 2.47. The zero-order chi connectivity index (χ0) is 8.89. The Morgan fingerprint density at radius 3 is 2.62 bits per heavy atom. The molecule has 4 heterocycles. The van der Waals surface area contributed by atoms with Gasteiger partial charge in [0.05, 0.1) is 0 Å². The minimum absolute atomic E-state index is 0.272. The zero-order valence-electron chi connectivity index (χ0n) is 7.88. The molecular weight excluding hydrogens is 164 g/mol. The molecule has 4 fully saturated rings.